The molecule has 1 saturated carbocycles. The molecule has 3 N–H and O–H groups in total. The summed E-state index contributed by atoms with van der Waals surface area (Å²) in [5.41, 5.74) is 2.63. The number of carbonyl (C=O) groups is 2. The van der Waals surface area contributed by atoms with Gasteiger partial charge >= 0.3 is 6.03 Å². The SMILES string of the molecule is CNC(=O)C1(NC(=O)NC(C)c2cc(C)ccc2C)CCCCC1. The van der Waals surface area contributed by atoms with E-state index in [2.05, 4.69) is 34.1 Å². The minimum absolute atomic E-state index is 0.100. The van der Waals surface area contributed by atoms with Crippen molar-refractivity contribution in [2.75, 3.05) is 7.05 Å². The number of hydrogen-bond acceptors (Lipinski definition) is 2. The van der Waals surface area contributed by atoms with Crippen LogP contribution in [0.2, 0.25) is 0 Å². The zero-order valence-electron chi connectivity index (χ0n) is 15.2. The number of rotatable bonds is 4. The number of likely N-dealkylation sites (N-methyl/N-ethyl adjacent to an activating group) is 1. The first kappa shape index (κ1) is 18.3. The molecule has 1 aliphatic carbocycles. The third-order valence-electron chi connectivity index (χ3n) is 4.97. The number of benzene rings is 1. The van der Waals surface area contributed by atoms with Crippen molar-refractivity contribution in [3.05, 3.63) is 34.9 Å². The third-order valence-corrected chi connectivity index (χ3v) is 4.97. The Morgan fingerprint density at radius 3 is 2.42 bits per heavy atom. The maximum Gasteiger partial charge on any atom is 0.316 e. The van der Waals surface area contributed by atoms with Crippen LogP contribution in [-0.4, -0.2) is 24.5 Å². The fourth-order valence-corrected chi connectivity index (χ4v) is 3.56. The Morgan fingerprint density at radius 1 is 1.12 bits per heavy atom. The van der Waals surface area contributed by atoms with Crippen LogP contribution in [0.5, 0.6) is 0 Å². The third kappa shape index (κ3) is 4.08. The molecule has 0 aliphatic heterocycles. The quantitative estimate of drug-likeness (QED) is 0.793. The van der Waals surface area contributed by atoms with Gasteiger partial charge in [-0.15, -0.1) is 0 Å². The van der Waals surface area contributed by atoms with Crippen molar-refractivity contribution in [1.29, 1.82) is 0 Å². The van der Waals surface area contributed by atoms with Crippen LogP contribution in [0.4, 0.5) is 4.79 Å². The second-order valence-electron chi connectivity index (χ2n) is 6.90. The molecule has 1 unspecified atom stereocenters. The van der Waals surface area contributed by atoms with E-state index in [1.165, 1.54) is 5.56 Å². The van der Waals surface area contributed by atoms with Gasteiger partial charge in [0, 0.05) is 7.05 Å². The van der Waals surface area contributed by atoms with E-state index < -0.39 is 5.54 Å². The van der Waals surface area contributed by atoms with E-state index in [-0.39, 0.29) is 18.0 Å². The first-order valence-electron chi connectivity index (χ1n) is 8.76. The highest BCUT2D eigenvalue weighted by atomic mass is 16.2. The molecule has 132 valence electrons. The Labute approximate surface area is 144 Å². The van der Waals surface area contributed by atoms with Crippen LogP contribution in [0.3, 0.4) is 0 Å². The molecule has 1 aromatic rings. The molecule has 0 spiro atoms. The van der Waals surface area contributed by atoms with Gasteiger partial charge in [-0.3, -0.25) is 4.79 Å². The highest BCUT2D eigenvalue weighted by Crippen LogP contribution is 2.28. The van der Waals surface area contributed by atoms with E-state index >= 15 is 0 Å². The van der Waals surface area contributed by atoms with Gasteiger partial charge < -0.3 is 16.0 Å². The molecule has 1 aliphatic rings. The number of nitrogens with one attached hydrogen (secondary N) is 3. The summed E-state index contributed by atoms with van der Waals surface area (Å²) in [5, 5.41) is 8.64. The van der Waals surface area contributed by atoms with Crippen LogP contribution < -0.4 is 16.0 Å². The summed E-state index contributed by atoms with van der Waals surface area (Å²) in [6.07, 6.45) is 4.41. The highest BCUT2D eigenvalue weighted by Gasteiger charge is 2.40. The predicted molar refractivity (Wildman–Crippen MR) is 95.9 cm³/mol. The van der Waals surface area contributed by atoms with Gasteiger partial charge in [-0.2, -0.15) is 0 Å². The standard InChI is InChI=1S/C19H29N3O2/c1-13-8-9-14(2)16(12-13)15(3)21-18(24)22-19(17(23)20-4)10-6-5-7-11-19/h8-9,12,15H,5-7,10-11H2,1-4H3,(H,20,23)(H2,21,22,24). The minimum atomic E-state index is -0.779. The summed E-state index contributed by atoms with van der Waals surface area (Å²) >= 11 is 0. The lowest BCUT2D eigenvalue weighted by Gasteiger charge is -2.36. The van der Waals surface area contributed by atoms with Crippen molar-refractivity contribution in [3.63, 3.8) is 0 Å². The van der Waals surface area contributed by atoms with E-state index in [9.17, 15) is 9.59 Å². The first-order chi connectivity index (χ1) is 11.4. The number of urea groups is 1. The van der Waals surface area contributed by atoms with Gasteiger partial charge in [0.25, 0.3) is 0 Å². The van der Waals surface area contributed by atoms with Crippen molar-refractivity contribution < 1.29 is 9.59 Å². The molecule has 3 amide bonds. The summed E-state index contributed by atoms with van der Waals surface area (Å²) in [4.78, 5) is 24.8. The van der Waals surface area contributed by atoms with E-state index in [0.29, 0.717) is 12.8 Å². The molecule has 0 aromatic heterocycles. The fraction of sp³-hybridized carbons (Fsp3) is 0.579. The molecule has 1 atom stereocenters. The number of hydrogen-bond donors (Lipinski definition) is 3. The number of carbonyl (C=O) groups excluding carboxylic acids is 2. The molecule has 5 heteroatoms. The van der Waals surface area contributed by atoms with E-state index in [0.717, 1.165) is 30.4 Å². The average Bonchev–Trinajstić information content (AvgIpc) is 2.56. The Balaban J connectivity index is 2.08. The van der Waals surface area contributed by atoms with Crippen molar-refractivity contribution in [3.8, 4) is 0 Å². The van der Waals surface area contributed by atoms with Gasteiger partial charge in [0.15, 0.2) is 0 Å². The molecule has 0 bridgehead atoms. The van der Waals surface area contributed by atoms with Crippen LogP contribution >= 0.6 is 0 Å². The van der Waals surface area contributed by atoms with Crippen LogP contribution in [-0.2, 0) is 4.79 Å². The van der Waals surface area contributed by atoms with Crippen molar-refractivity contribution in [2.45, 2.75) is 64.5 Å². The monoisotopic (exact) mass is 331 g/mol. The Kier molecular flexibility index (Phi) is 5.86. The van der Waals surface area contributed by atoms with Crippen LogP contribution in [0, 0.1) is 13.8 Å². The van der Waals surface area contributed by atoms with Gasteiger partial charge in [-0.05, 0) is 44.7 Å². The van der Waals surface area contributed by atoms with E-state index in [1.54, 1.807) is 7.05 Å². The normalized spacial score (nSPS) is 17.7. The molecule has 0 saturated heterocycles. The zero-order chi connectivity index (χ0) is 17.7. The van der Waals surface area contributed by atoms with Gasteiger partial charge in [0.2, 0.25) is 5.91 Å². The molecule has 0 heterocycles. The predicted octanol–water partition coefficient (Wildman–Crippen LogP) is 3.11. The van der Waals surface area contributed by atoms with Crippen LogP contribution in [0.1, 0.15) is 61.8 Å². The van der Waals surface area contributed by atoms with Gasteiger partial charge in [0.05, 0.1) is 6.04 Å². The van der Waals surface area contributed by atoms with Crippen molar-refractivity contribution in [2.24, 2.45) is 0 Å². The maximum atomic E-state index is 12.5. The van der Waals surface area contributed by atoms with Crippen LogP contribution in [0.25, 0.3) is 0 Å². The molecule has 24 heavy (non-hydrogen) atoms. The lowest BCUT2D eigenvalue weighted by atomic mass is 9.81. The minimum Gasteiger partial charge on any atom is -0.357 e. The highest BCUT2D eigenvalue weighted by molar-refractivity contribution is 5.91. The second-order valence-corrected chi connectivity index (χ2v) is 6.90. The van der Waals surface area contributed by atoms with E-state index in [4.69, 9.17) is 0 Å². The zero-order valence-corrected chi connectivity index (χ0v) is 15.2. The maximum absolute atomic E-state index is 12.5. The summed E-state index contributed by atoms with van der Waals surface area (Å²) in [7, 11) is 1.62. The summed E-state index contributed by atoms with van der Waals surface area (Å²) < 4.78 is 0. The summed E-state index contributed by atoms with van der Waals surface area (Å²) in [5.74, 6) is -0.100. The lowest BCUT2D eigenvalue weighted by Crippen LogP contribution is -2.61. The Hall–Kier alpha value is -2.04. The molecule has 5 nitrogen and oxygen atoms in total. The van der Waals surface area contributed by atoms with Gasteiger partial charge in [0.1, 0.15) is 5.54 Å². The summed E-state index contributed by atoms with van der Waals surface area (Å²) in [6.45, 7) is 6.05. The van der Waals surface area contributed by atoms with E-state index in [1.807, 2.05) is 20.8 Å². The molecular weight excluding hydrogens is 302 g/mol. The fourth-order valence-electron chi connectivity index (χ4n) is 3.56. The Bertz CT molecular complexity index is 607. The van der Waals surface area contributed by atoms with Gasteiger partial charge in [-0.25, -0.2) is 4.79 Å². The average molecular weight is 331 g/mol. The topological polar surface area (TPSA) is 70.2 Å². The Morgan fingerprint density at radius 2 is 1.79 bits per heavy atom. The van der Waals surface area contributed by atoms with Crippen molar-refractivity contribution in [1.82, 2.24) is 16.0 Å². The van der Waals surface area contributed by atoms with Crippen LogP contribution in [0.15, 0.2) is 18.2 Å². The first-order valence-corrected chi connectivity index (χ1v) is 8.76. The lowest BCUT2D eigenvalue weighted by molar-refractivity contribution is -0.128. The largest absolute Gasteiger partial charge is 0.357 e. The van der Waals surface area contributed by atoms with Gasteiger partial charge in [-0.1, -0.05) is 43.0 Å². The number of amides is 3. The molecule has 1 fully saturated rings. The van der Waals surface area contributed by atoms with Crippen molar-refractivity contribution >= 4 is 11.9 Å². The molecule has 1 aromatic carbocycles. The molecule has 2 rings (SSSR count). The number of aryl methyl sites for hydroxylation is 2. The smallest absolute Gasteiger partial charge is 0.316 e. The molecule has 0 radical (unpaired) electrons. The summed E-state index contributed by atoms with van der Waals surface area (Å²) in [6, 6.07) is 5.82. The molecular formula is C19H29N3O2. The second kappa shape index (κ2) is 7.69.